The molecule has 2 N–H and O–H groups in total. The fraction of sp³-hybridized carbons (Fsp3) is 0.0625. The molecule has 0 aliphatic heterocycles. The number of nitrogen functional groups attached to an aromatic ring is 1. The molecular weight excluding hydrogens is 694 g/mol. The number of anilines is 1. The van der Waals surface area contributed by atoms with Crippen molar-refractivity contribution >= 4 is 62.3 Å². The molecule has 0 aliphatic carbocycles. The topological polar surface area (TPSA) is 26.0 Å². The molecule has 5 rings (SSSR count). The normalized spacial score (nSPS) is 10.2. The molecule has 0 heterocycles. The van der Waals surface area contributed by atoms with Crippen molar-refractivity contribution < 1.29 is 15.6 Å². The summed E-state index contributed by atoms with van der Waals surface area (Å²) in [5, 5.41) is 5.89. The molecule has 0 bridgehead atoms. The van der Waals surface area contributed by atoms with E-state index in [4.69, 9.17) is 5.73 Å². The minimum Gasteiger partial charge on any atom is -0.0622 e. The Labute approximate surface area is 245 Å². The second kappa shape index (κ2) is 17.6. The summed E-state index contributed by atoms with van der Waals surface area (Å²) in [7, 11) is -0.696. The molecule has 0 aliphatic rings. The van der Waals surface area contributed by atoms with Gasteiger partial charge in [0.25, 0.3) is 0 Å². The van der Waals surface area contributed by atoms with Gasteiger partial charge in [0.1, 0.15) is 0 Å². The van der Waals surface area contributed by atoms with Gasteiger partial charge in [-0.05, 0) is 49.4 Å². The first-order valence-electron chi connectivity index (χ1n) is 11.9. The van der Waals surface area contributed by atoms with Crippen LogP contribution in [0.4, 0.5) is 5.69 Å². The summed E-state index contributed by atoms with van der Waals surface area (Å²) in [6, 6.07) is 54.2. The molecule has 0 unspecified atom stereocenters. The van der Waals surface area contributed by atoms with E-state index in [9.17, 15) is 0 Å². The van der Waals surface area contributed by atoms with E-state index in [1.54, 1.807) is 24.3 Å². The number of hydrogen-bond donors (Lipinski definition) is 1. The molecule has 0 spiro atoms. The van der Waals surface area contributed by atoms with Crippen LogP contribution in [0.5, 0.6) is 0 Å². The molecular formula is C32H30INP2Pd. The van der Waals surface area contributed by atoms with Crippen LogP contribution in [0.1, 0.15) is 0 Å². The van der Waals surface area contributed by atoms with E-state index >= 15 is 0 Å². The van der Waals surface area contributed by atoms with Crippen LogP contribution in [0, 0.1) is 6.07 Å². The fourth-order valence-electron chi connectivity index (χ4n) is 3.85. The number of benzene rings is 5. The number of nitrogens with two attached hydrogens (primary N) is 1. The predicted molar refractivity (Wildman–Crippen MR) is 172 cm³/mol. The van der Waals surface area contributed by atoms with Crippen LogP contribution in [-0.4, -0.2) is 12.3 Å². The van der Waals surface area contributed by atoms with E-state index < -0.39 is 0 Å². The third-order valence-electron chi connectivity index (χ3n) is 5.56. The van der Waals surface area contributed by atoms with Crippen molar-refractivity contribution in [1.29, 1.82) is 0 Å². The van der Waals surface area contributed by atoms with Gasteiger partial charge in [-0.2, -0.15) is 18.2 Å². The maximum atomic E-state index is 5.34. The Balaban J connectivity index is 0.000000361. The average Bonchev–Trinajstić information content (AvgIpc) is 2.99. The first-order valence-corrected chi connectivity index (χ1v) is 19.6. The van der Waals surface area contributed by atoms with Crippen LogP contribution in [0.25, 0.3) is 0 Å². The van der Waals surface area contributed by atoms with Crippen molar-refractivity contribution in [3.05, 3.63) is 152 Å². The Morgan fingerprint density at radius 3 is 0.973 bits per heavy atom. The Bertz CT molecular complexity index is 1080. The molecule has 0 amide bonds. The van der Waals surface area contributed by atoms with Crippen LogP contribution in [0.3, 0.4) is 0 Å². The summed E-state index contributed by atoms with van der Waals surface area (Å²) in [6.07, 6.45) is 2.41. The summed E-state index contributed by atoms with van der Waals surface area (Å²) in [6.45, 7) is 0. The summed E-state index contributed by atoms with van der Waals surface area (Å²) >= 11 is 4.72. The van der Waals surface area contributed by atoms with Gasteiger partial charge in [0.05, 0.1) is 0 Å². The number of halogens is 1. The van der Waals surface area contributed by atoms with Gasteiger partial charge in [-0.15, -0.1) is 12.1 Å². The molecule has 5 aromatic carbocycles. The van der Waals surface area contributed by atoms with E-state index in [0.717, 1.165) is 5.69 Å². The van der Waals surface area contributed by atoms with Crippen molar-refractivity contribution in [2.24, 2.45) is 0 Å². The van der Waals surface area contributed by atoms with Crippen LogP contribution in [0.2, 0.25) is 0 Å². The van der Waals surface area contributed by atoms with Gasteiger partial charge in [-0.25, -0.2) is 0 Å². The van der Waals surface area contributed by atoms with E-state index in [1.165, 1.54) is 33.5 Å². The maximum Gasteiger partial charge on any atom is -0.0195 e. The molecule has 0 saturated heterocycles. The minimum atomic E-state index is -0.348. The summed E-state index contributed by atoms with van der Waals surface area (Å²) in [5.74, 6) is 0. The van der Waals surface area contributed by atoms with Crippen LogP contribution < -0.4 is 27.0 Å². The van der Waals surface area contributed by atoms with E-state index in [0.29, 0.717) is 0 Å². The van der Waals surface area contributed by atoms with Crippen molar-refractivity contribution in [2.45, 2.75) is 0 Å². The van der Waals surface area contributed by atoms with Crippen molar-refractivity contribution in [3.63, 3.8) is 0 Å². The SMILES string of the molecule is Nc1cc[c-]cc1.[Pd+][I].c1ccc(P(CCP(c2ccccc2)c2ccccc2)c2ccccc2)cc1. The van der Waals surface area contributed by atoms with E-state index in [1.807, 2.05) is 19.5 Å². The molecule has 0 saturated carbocycles. The summed E-state index contributed by atoms with van der Waals surface area (Å²) in [5.41, 5.74) is 6.13. The molecule has 5 heteroatoms. The van der Waals surface area contributed by atoms with Crippen LogP contribution in [-0.2, 0) is 15.6 Å². The zero-order valence-electron chi connectivity index (χ0n) is 20.4. The first kappa shape index (κ1) is 29.7. The Morgan fingerprint density at radius 2 is 0.757 bits per heavy atom. The first-order chi connectivity index (χ1) is 18.3. The molecule has 1 nitrogen and oxygen atoms in total. The molecule has 0 aromatic heterocycles. The van der Waals surface area contributed by atoms with Gasteiger partial charge in [-0.3, -0.25) is 0 Å². The average molecular weight is 724 g/mol. The van der Waals surface area contributed by atoms with Crippen LogP contribution in [0.15, 0.2) is 146 Å². The summed E-state index contributed by atoms with van der Waals surface area (Å²) < 4.78 is 0. The minimum absolute atomic E-state index is 0.348. The largest absolute Gasteiger partial charge is 0.0622 e. The molecule has 0 atom stereocenters. The molecule has 0 radical (unpaired) electrons. The molecule has 37 heavy (non-hydrogen) atoms. The van der Waals surface area contributed by atoms with Gasteiger partial charge in [0.2, 0.25) is 0 Å². The third kappa shape index (κ3) is 10.1. The predicted octanol–water partition coefficient (Wildman–Crippen LogP) is 7.20. The van der Waals surface area contributed by atoms with Crippen LogP contribution >= 0.6 is 35.4 Å². The smallest absolute Gasteiger partial charge is 0.0195 e. The number of hydrogen-bond acceptors (Lipinski definition) is 1. The maximum absolute atomic E-state index is 5.34. The van der Waals surface area contributed by atoms with Gasteiger partial charge in [0.15, 0.2) is 0 Å². The Kier molecular flexibility index (Phi) is 14.1. The zero-order chi connectivity index (χ0) is 26.1. The van der Waals surface area contributed by atoms with Gasteiger partial charge >= 0.3 is 35.1 Å². The summed E-state index contributed by atoms with van der Waals surface area (Å²) in [4.78, 5) is 0. The Morgan fingerprint density at radius 1 is 0.486 bits per heavy atom. The Hall–Kier alpha value is -1.85. The van der Waals surface area contributed by atoms with Gasteiger partial charge in [0, 0.05) is 0 Å². The molecule has 0 fully saturated rings. The monoisotopic (exact) mass is 723 g/mol. The second-order valence-corrected chi connectivity index (χ2v) is 12.7. The van der Waals surface area contributed by atoms with Crippen molar-refractivity contribution in [3.8, 4) is 0 Å². The zero-order valence-corrected chi connectivity index (χ0v) is 25.9. The number of rotatable bonds is 7. The van der Waals surface area contributed by atoms with Gasteiger partial charge in [-0.1, -0.05) is 127 Å². The molecule has 190 valence electrons. The van der Waals surface area contributed by atoms with Crippen molar-refractivity contribution in [2.75, 3.05) is 18.1 Å². The second-order valence-electron chi connectivity index (χ2n) is 7.98. The fourth-order valence-corrected chi connectivity index (χ4v) is 9.20. The quantitative estimate of drug-likeness (QED) is 0.0621. The van der Waals surface area contributed by atoms with Gasteiger partial charge < -0.3 is 5.73 Å². The standard InChI is InChI=1S/C26H24P2.C6H6N.HI.Pd/c1-5-13-23(14-6-1)27(24-15-7-2-8-16-24)21-22-28(25-17-9-3-10-18-25)26-19-11-4-12-20-26;7-6-4-2-1-3-5-6;;/h1-20H,21-22H2;2-5H,7H2;1H;/q;-1;;+2/p-1. The van der Waals surface area contributed by atoms with E-state index in [-0.39, 0.29) is 15.8 Å². The third-order valence-corrected chi connectivity index (χ3v) is 10.9. The van der Waals surface area contributed by atoms with E-state index in [2.05, 4.69) is 143 Å². The molecule has 5 aromatic rings. The van der Waals surface area contributed by atoms with Crippen molar-refractivity contribution in [1.82, 2.24) is 0 Å².